The molecule has 0 N–H and O–H groups in total. The number of hydrogen-bond donors (Lipinski definition) is 0. The highest BCUT2D eigenvalue weighted by Crippen LogP contribution is 2.09. The van der Waals surface area contributed by atoms with E-state index in [1.54, 1.807) is 13.8 Å². The van der Waals surface area contributed by atoms with Gasteiger partial charge in [0, 0.05) is 38.6 Å². The lowest BCUT2D eigenvalue weighted by molar-refractivity contribution is -0.139. The van der Waals surface area contributed by atoms with Crippen molar-refractivity contribution in [3.05, 3.63) is 23.5 Å². The van der Waals surface area contributed by atoms with Crippen molar-refractivity contribution in [3.8, 4) is 12.1 Å². The van der Waals surface area contributed by atoms with Gasteiger partial charge in [-0.05, 0) is 13.8 Å². The van der Waals surface area contributed by atoms with Gasteiger partial charge in [-0.25, -0.2) is 9.59 Å². The molecule has 0 aromatic carbocycles. The number of nitrogens with zero attached hydrogens (tertiary/aromatic N) is 4. The summed E-state index contributed by atoms with van der Waals surface area (Å²) in [7, 11) is 0. The molecule has 0 aromatic rings. The minimum Gasteiger partial charge on any atom is -0.462 e. The second kappa shape index (κ2) is 9.90. The predicted octanol–water partition coefficient (Wildman–Crippen LogP) is 0.545. The van der Waals surface area contributed by atoms with E-state index in [-0.39, 0.29) is 24.4 Å². The van der Waals surface area contributed by atoms with Crippen LogP contribution in [0.2, 0.25) is 0 Å². The van der Waals surface area contributed by atoms with Gasteiger partial charge < -0.3 is 19.3 Å². The smallest absolute Gasteiger partial charge is 0.350 e. The van der Waals surface area contributed by atoms with Gasteiger partial charge in [-0.2, -0.15) is 10.5 Å². The van der Waals surface area contributed by atoms with Crippen molar-refractivity contribution in [2.24, 2.45) is 0 Å². The summed E-state index contributed by atoms with van der Waals surface area (Å²) in [6.07, 6.45) is 2.96. The monoisotopic (exact) mass is 332 g/mol. The summed E-state index contributed by atoms with van der Waals surface area (Å²) in [6, 6.07) is 3.66. The largest absolute Gasteiger partial charge is 0.462 e. The molecule has 1 saturated heterocycles. The highest BCUT2D eigenvalue weighted by Gasteiger charge is 2.18. The topological polar surface area (TPSA) is 107 Å². The number of piperazine rings is 1. The molecule has 0 radical (unpaired) electrons. The fourth-order valence-corrected chi connectivity index (χ4v) is 2.03. The van der Waals surface area contributed by atoms with Crippen LogP contribution < -0.4 is 0 Å². The van der Waals surface area contributed by atoms with E-state index in [4.69, 9.17) is 20.0 Å². The Bertz CT molecular complexity index is 551. The molecule has 128 valence electrons. The number of carbonyl (C=O) groups is 2. The van der Waals surface area contributed by atoms with Gasteiger partial charge >= 0.3 is 11.9 Å². The zero-order valence-electron chi connectivity index (χ0n) is 13.8. The third-order valence-corrected chi connectivity index (χ3v) is 3.20. The Hall–Kier alpha value is -3.00. The van der Waals surface area contributed by atoms with Gasteiger partial charge in [-0.1, -0.05) is 0 Å². The van der Waals surface area contributed by atoms with Crippen LogP contribution in [0.3, 0.4) is 0 Å². The third-order valence-electron chi connectivity index (χ3n) is 3.20. The maximum atomic E-state index is 11.6. The van der Waals surface area contributed by atoms with E-state index in [1.165, 1.54) is 12.4 Å². The molecular formula is C16H20N4O4. The van der Waals surface area contributed by atoms with Crippen molar-refractivity contribution in [3.63, 3.8) is 0 Å². The van der Waals surface area contributed by atoms with Crippen LogP contribution in [0.25, 0.3) is 0 Å². The van der Waals surface area contributed by atoms with Crippen LogP contribution in [0.1, 0.15) is 13.8 Å². The Morgan fingerprint density at radius 1 is 0.875 bits per heavy atom. The van der Waals surface area contributed by atoms with Crippen LogP contribution in [0.5, 0.6) is 0 Å². The normalized spacial score (nSPS) is 15.3. The number of nitriles is 2. The number of ether oxygens (including phenoxy) is 2. The van der Waals surface area contributed by atoms with E-state index in [0.717, 1.165) is 0 Å². The molecule has 8 nitrogen and oxygen atoms in total. The molecule has 24 heavy (non-hydrogen) atoms. The maximum Gasteiger partial charge on any atom is 0.350 e. The molecule has 0 amide bonds. The average molecular weight is 332 g/mol. The van der Waals surface area contributed by atoms with E-state index in [1.807, 2.05) is 21.9 Å². The van der Waals surface area contributed by atoms with Gasteiger partial charge in [0.1, 0.15) is 12.1 Å². The first-order valence-corrected chi connectivity index (χ1v) is 7.61. The van der Waals surface area contributed by atoms with Gasteiger partial charge in [0.2, 0.25) is 0 Å². The van der Waals surface area contributed by atoms with E-state index in [2.05, 4.69) is 0 Å². The lowest BCUT2D eigenvalue weighted by atomic mass is 10.2. The Morgan fingerprint density at radius 3 is 1.46 bits per heavy atom. The van der Waals surface area contributed by atoms with Crippen molar-refractivity contribution < 1.29 is 19.1 Å². The minimum atomic E-state index is -0.642. The molecule has 1 aliphatic rings. The van der Waals surface area contributed by atoms with Crippen LogP contribution in [-0.4, -0.2) is 61.1 Å². The molecule has 0 aliphatic carbocycles. The summed E-state index contributed by atoms with van der Waals surface area (Å²) in [5.74, 6) is -1.28. The van der Waals surface area contributed by atoms with Crippen LogP contribution >= 0.6 is 0 Å². The summed E-state index contributed by atoms with van der Waals surface area (Å²) in [5.41, 5.74) is -0.102. The van der Waals surface area contributed by atoms with Crippen molar-refractivity contribution >= 4 is 11.9 Å². The zero-order valence-corrected chi connectivity index (χ0v) is 13.8. The first kappa shape index (κ1) is 19.0. The first-order chi connectivity index (χ1) is 11.5. The van der Waals surface area contributed by atoms with Crippen molar-refractivity contribution in [1.82, 2.24) is 9.80 Å². The molecule has 1 aliphatic heterocycles. The van der Waals surface area contributed by atoms with E-state index in [9.17, 15) is 9.59 Å². The van der Waals surface area contributed by atoms with Crippen LogP contribution in [0, 0.1) is 22.7 Å². The molecule has 1 fully saturated rings. The van der Waals surface area contributed by atoms with Crippen LogP contribution in [-0.2, 0) is 19.1 Å². The summed E-state index contributed by atoms with van der Waals surface area (Å²) in [5, 5.41) is 18.0. The molecular weight excluding hydrogens is 312 g/mol. The second-order valence-corrected chi connectivity index (χ2v) is 4.82. The lowest BCUT2D eigenvalue weighted by Crippen LogP contribution is -2.42. The Morgan fingerprint density at radius 2 is 1.21 bits per heavy atom. The number of carbonyl (C=O) groups excluding carboxylic acids is 2. The molecule has 0 bridgehead atoms. The molecule has 0 unspecified atom stereocenters. The molecule has 1 rings (SSSR count). The fourth-order valence-electron chi connectivity index (χ4n) is 2.03. The fraction of sp³-hybridized carbons (Fsp3) is 0.500. The molecule has 0 spiro atoms. The van der Waals surface area contributed by atoms with E-state index in [0.29, 0.717) is 26.2 Å². The zero-order chi connectivity index (χ0) is 17.9. The molecule has 0 aromatic heterocycles. The van der Waals surface area contributed by atoms with Gasteiger partial charge in [-0.15, -0.1) is 0 Å². The van der Waals surface area contributed by atoms with Gasteiger partial charge in [0.25, 0.3) is 0 Å². The van der Waals surface area contributed by atoms with E-state index >= 15 is 0 Å². The molecule has 0 atom stereocenters. The quantitative estimate of drug-likeness (QED) is 0.394. The Labute approximate surface area is 141 Å². The Balaban J connectivity index is 2.66. The maximum absolute atomic E-state index is 11.6. The van der Waals surface area contributed by atoms with E-state index < -0.39 is 11.9 Å². The molecule has 8 heteroatoms. The summed E-state index contributed by atoms with van der Waals surface area (Å²) in [6.45, 7) is 5.95. The molecule has 1 heterocycles. The first-order valence-electron chi connectivity index (χ1n) is 7.61. The standard InChI is InChI=1S/C16H20N4O4/c1-3-23-15(21)13(9-17)11-19-5-7-20(8-6-19)12-14(10-18)16(22)24-4-2/h11-12H,3-8H2,1-2H3. The Kier molecular flexibility index (Phi) is 7.86. The highest BCUT2D eigenvalue weighted by atomic mass is 16.5. The molecule has 0 saturated carbocycles. The summed E-state index contributed by atoms with van der Waals surface area (Å²) in [4.78, 5) is 26.8. The third kappa shape index (κ3) is 5.65. The average Bonchev–Trinajstić information content (AvgIpc) is 2.59. The van der Waals surface area contributed by atoms with Gasteiger partial charge in [0.15, 0.2) is 11.1 Å². The second-order valence-electron chi connectivity index (χ2n) is 4.82. The SMILES string of the molecule is CCOC(=O)C(C#N)=CN1CCN(C=C(C#N)C(=O)OCC)CC1. The van der Waals surface area contributed by atoms with Crippen LogP contribution in [0.4, 0.5) is 0 Å². The summed E-state index contributed by atoms with van der Waals surface area (Å²) < 4.78 is 9.62. The number of hydrogen-bond acceptors (Lipinski definition) is 8. The van der Waals surface area contributed by atoms with Crippen molar-refractivity contribution in [1.29, 1.82) is 10.5 Å². The number of rotatable bonds is 6. The van der Waals surface area contributed by atoms with Gasteiger partial charge in [0.05, 0.1) is 13.2 Å². The minimum absolute atomic E-state index is 0.0509. The van der Waals surface area contributed by atoms with Gasteiger partial charge in [-0.3, -0.25) is 0 Å². The highest BCUT2D eigenvalue weighted by molar-refractivity contribution is 5.93. The van der Waals surface area contributed by atoms with Crippen molar-refractivity contribution in [2.45, 2.75) is 13.8 Å². The summed E-state index contributed by atoms with van der Waals surface area (Å²) >= 11 is 0. The van der Waals surface area contributed by atoms with Crippen molar-refractivity contribution in [2.75, 3.05) is 39.4 Å². The van der Waals surface area contributed by atoms with Crippen LogP contribution in [0.15, 0.2) is 23.5 Å². The predicted molar refractivity (Wildman–Crippen MR) is 83.8 cm³/mol. The lowest BCUT2D eigenvalue weighted by Gasteiger charge is -2.33. The number of esters is 2.